The predicted molar refractivity (Wildman–Crippen MR) is 76.6 cm³/mol. The van der Waals surface area contributed by atoms with Gasteiger partial charge < -0.3 is 14.8 Å². The Morgan fingerprint density at radius 3 is 2.60 bits per heavy atom. The lowest BCUT2D eigenvalue weighted by atomic mass is 10.4. The lowest BCUT2D eigenvalue weighted by Gasteiger charge is -2.22. The number of nitrogens with zero attached hydrogens (tertiary/aromatic N) is 3. The molecule has 114 valence electrons. The minimum Gasteiger partial charge on any atom is -0.356 e. The summed E-state index contributed by atoms with van der Waals surface area (Å²) in [5.74, 6) is 0.437. The van der Waals surface area contributed by atoms with Crippen LogP contribution in [0.1, 0.15) is 12.1 Å². The number of hydrogen-bond acceptors (Lipinski definition) is 1. The number of aliphatic imine (C=N–C) groups is 1. The Morgan fingerprint density at radius 1 is 1.50 bits per heavy atom. The highest BCUT2D eigenvalue weighted by Crippen LogP contribution is 2.18. The second kappa shape index (κ2) is 7.01. The zero-order valence-corrected chi connectivity index (χ0v) is 13.2. The number of nitrogens with one attached hydrogen (secondary N) is 1. The van der Waals surface area contributed by atoms with Crippen LogP contribution in [0.4, 0.5) is 13.2 Å². The highest BCUT2D eigenvalue weighted by atomic mass is 79.9. The molecule has 0 aliphatic carbocycles. The molecule has 1 rings (SSSR count). The molecule has 0 saturated carbocycles. The molecule has 4 nitrogen and oxygen atoms in total. The number of alkyl halides is 3. The molecule has 0 aromatic carbocycles. The first-order valence-corrected chi connectivity index (χ1v) is 6.81. The van der Waals surface area contributed by atoms with Crippen molar-refractivity contribution in [3.05, 3.63) is 22.4 Å². The molecular weight excluding hydrogens is 337 g/mol. The van der Waals surface area contributed by atoms with Crippen molar-refractivity contribution in [2.24, 2.45) is 12.0 Å². The second-order valence-corrected chi connectivity index (χ2v) is 5.37. The van der Waals surface area contributed by atoms with E-state index in [1.807, 2.05) is 23.9 Å². The number of hydrogen-bond donors (Lipinski definition) is 1. The fourth-order valence-corrected chi connectivity index (χ4v) is 2.31. The maximum absolute atomic E-state index is 12.1. The molecule has 1 heterocycles. The Morgan fingerprint density at radius 2 is 2.15 bits per heavy atom. The number of halogens is 4. The van der Waals surface area contributed by atoms with Gasteiger partial charge in [-0.25, -0.2) is 0 Å². The molecule has 0 amide bonds. The van der Waals surface area contributed by atoms with Gasteiger partial charge in [0, 0.05) is 44.1 Å². The Labute approximate surface area is 124 Å². The second-order valence-electron chi connectivity index (χ2n) is 4.46. The normalized spacial score (nSPS) is 12.7. The molecular formula is C12H18BrF3N4. The van der Waals surface area contributed by atoms with E-state index in [9.17, 15) is 13.2 Å². The summed E-state index contributed by atoms with van der Waals surface area (Å²) in [5, 5.41) is 2.71. The van der Waals surface area contributed by atoms with Gasteiger partial charge in [0.15, 0.2) is 5.96 Å². The van der Waals surface area contributed by atoms with Gasteiger partial charge in [-0.3, -0.25) is 4.99 Å². The third-order valence-electron chi connectivity index (χ3n) is 2.74. The smallest absolute Gasteiger partial charge is 0.356 e. The van der Waals surface area contributed by atoms with Crippen molar-refractivity contribution >= 4 is 21.9 Å². The number of aromatic nitrogens is 1. The van der Waals surface area contributed by atoms with E-state index < -0.39 is 12.6 Å². The minimum absolute atomic E-state index is 0.183. The molecule has 0 aliphatic rings. The highest BCUT2D eigenvalue weighted by molar-refractivity contribution is 9.10. The molecule has 0 saturated heterocycles. The van der Waals surface area contributed by atoms with E-state index in [1.165, 1.54) is 0 Å². The lowest BCUT2D eigenvalue weighted by molar-refractivity contribution is -0.132. The lowest BCUT2D eigenvalue weighted by Crippen LogP contribution is -2.40. The molecule has 0 aliphatic heterocycles. The maximum Gasteiger partial charge on any atom is 0.390 e. The van der Waals surface area contributed by atoms with Gasteiger partial charge in [0.05, 0.1) is 13.0 Å². The van der Waals surface area contributed by atoms with Gasteiger partial charge in [-0.15, -0.1) is 0 Å². The van der Waals surface area contributed by atoms with Gasteiger partial charge in [-0.1, -0.05) is 0 Å². The van der Waals surface area contributed by atoms with Crippen molar-refractivity contribution < 1.29 is 13.2 Å². The Bertz CT molecular complexity index is 468. The van der Waals surface area contributed by atoms with Gasteiger partial charge in [0.2, 0.25) is 0 Å². The van der Waals surface area contributed by atoms with Crippen molar-refractivity contribution in [3.63, 3.8) is 0 Å². The third-order valence-corrected chi connectivity index (χ3v) is 3.17. The van der Waals surface area contributed by atoms with Gasteiger partial charge in [0.1, 0.15) is 0 Å². The average molecular weight is 355 g/mol. The maximum atomic E-state index is 12.1. The highest BCUT2D eigenvalue weighted by Gasteiger charge is 2.26. The van der Waals surface area contributed by atoms with Crippen LogP contribution >= 0.6 is 15.9 Å². The summed E-state index contributed by atoms with van der Waals surface area (Å²) >= 11 is 3.38. The molecule has 0 spiro atoms. The summed E-state index contributed by atoms with van der Waals surface area (Å²) in [6.07, 6.45) is -3.12. The van der Waals surface area contributed by atoms with E-state index in [1.54, 1.807) is 19.0 Å². The molecule has 0 atom stereocenters. The van der Waals surface area contributed by atoms with Crippen molar-refractivity contribution in [2.45, 2.75) is 19.1 Å². The molecule has 1 aromatic rings. The SMILES string of the molecule is CN=C(NCCC(F)(F)F)N(C)Cc1cc(Br)cn1C. The van der Waals surface area contributed by atoms with E-state index >= 15 is 0 Å². The topological polar surface area (TPSA) is 32.6 Å². The summed E-state index contributed by atoms with van der Waals surface area (Å²) in [4.78, 5) is 5.76. The summed E-state index contributed by atoms with van der Waals surface area (Å²) in [7, 11) is 5.24. The first kappa shape index (κ1) is 16.9. The van der Waals surface area contributed by atoms with Crippen LogP contribution in [0.5, 0.6) is 0 Å². The van der Waals surface area contributed by atoms with Crippen LogP contribution in [0.3, 0.4) is 0 Å². The van der Waals surface area contributed by atoms with E-state index in [-0.39, 0.29) is 6.54 Å². The third kappa shape index (κ3) is 5.44. The van der Waals surface area contributed by atoms with Gasteiger partial charge in [0.25, 0.3) is 0 Å². The summed E-state index contributed by atoms with van der Waals surface area (Å²) in [6, 6.07) is 1.96. The van der Waals surface area contributed by atoms with Crippen molar-refractivity contribution in [2.75, 3.05) is 20.6 Å². The van der Waals surface area contributed by atoms with E-state index in [4.69, 9.17) is 0 Å². The summed E-state index contributed by atoms with van der Waals surface area (Å²) in [5.41, 5.74) is 1.03. The summed E-state index contributed by atoms with van der Waals surface area (Å²) in [6.45, 7) is 0.366. The molecule has 8 heteroatoms. The van der Waals surface area contributed by atoms with Crippen LogP contribution in [0.2, 0.25) is 0 Å². The fraction of sp³-hybridized carbons (Fsp3) is 0.583. The Balaban J connectivity index is 2.55. The average Bonchev–Trinajstić information content (AvgIpc) is 2.62. The van der Waals surface area contributed by atoms with Crippen LogP contribution in [-0.4, -0.2) is 42.2 Å². The van der Waals surface area contributed by atoms with Gasteiger partial charge >= 0.3 is 6.18 Å². The van der Waals surface area contributed by atoms with Gasteiger partial charge in [-0.2, -0.15) is 13.2 Å². The Kier molecular flexibility index (Phi) is 5.91. The van der Waals surface area contributed by atoms with Crippen LogP contribution in [0.25, 0.3) is 0 Å². The van der Waals surface area contributed by atoms with E-state index in [0.717, 1.165) is 10.2 Å². The monoisotopic (exact) mass is 354 g/mol. The zero-order valence-electron chi connectivity index (χ0n) is 11.6. The number of guanidine groups is 1. The molecule has 0 bridgehead atoms. The minimum atomic E-state index is -4.16. The largest absolute Gasteiger partial charge is 0.390 e. The molecule has 0 unspecified atom stereocenters. The van der Waals surface area contributed by atoms with Crippen LogP contribution in [-0.2, 0) is 13.6 Å². The number of aryl methyl sites for hydroxylation is 1. The molecule has 1 N–H and O–H groups in total. The van der Waals surface area contributed by atoms with Crippen LogP contribution in [0, 0.1) is 0 Å². The van der Waals surface area contributed by atoms with Crippen LogP contribution in [0.15, 0.2) is 21.7 Å². The quantitative estimate of drug-likeness (QED) is 0.666. The van der Waals surface area contributed by atoms with Crippen molar-refractivity contribution in [1.29, 1.82) is 0 Å². The first-order chi connectivity index (χ1) is 9.23. The Hall–Kier alpha value is -1.18. The molecule has 1 aromatic heterocycles. The molecule has 20 heavy (non-hydrogen) atoms. The molecule has 0 radical (unpaired) electrons. The van der Waals surface area contributed by atoms with Gasteiger partial charge in [-0.05, 0) is 22.0 Å². The van der Waals surface area contributed by atoms with E-state index in [2.05, 4.69) is 26.2 Å². The standard InChI is InChI=1S/C12H18BrF3N4/c1-17-11(18-5-4-12(14,15)16)20(3)8-10-6-9(13)7-19(10)2/h6-7H,4-5,8H2,1-3H3,(H,17,18). The fourth-order valence-electron chi connectivity index (χ4n) is 1.74. The first-order valence-electron chi connectivity index (χ1n) is 6.02. The van der Waals surface area contributed by atoms with Crippen molar-refractivity contribution in [3.8, 4) is 0 Å². The summed E-state index contributed by atoms with van der Waals surface area (Å²) < 4.78 is 39.2. The zero-order chi connectivity index (χ0) is 15.3. The number of rotatable bonds is 4. The predicted octanol–water partition coefficient (Wildman–Crippen LogP) is 2.75. The van der Waals surface area contributed by atoms with Crippen molar-refractivity contribution in [1.82, 2.24) is 14.8 Å². The molecule has 0 fully saturated rings. The van der Waals surface area contributed by atoms with Crippen LogP contribution < -0.4 is 5.32 Å². The van der Waals surface area contributed by atoms with E-state index in [0.29, 0.717) is 12.5 Å².